The number of hydrogen-bond donors (Lipinski definition) is 2. The summed E-state index contributed by atoms with van der Waals surface area (Å²) in [6.07, 6.45) is 4.30. The van der Waals surface area contributed by atoms with Gasteiger partial charge in [-0.2, -0.15) is 0 Å². The van der Waals surface area contributed by atoms with E-state index in [-0.39, 0.29) is 24.8 Å². The minimum absolute atomic E-state index is 0.0120. The number of hydrogen-bond acceptors (Lipinski definition) is 7. The Balaban J connectivity index is 1.66. The SMILES string of the molecule is CCCCOCc1ccc([C@@H](Nc2ccc(F)cc2)[C@@H](CC[C@H](CC(C)(C)[Si](C)(C)O)c2ccc(F)cc2)C(=O)N2C(=O)OC[C@@H]2c2ccccc2)c(OCCCC)c1. The Morgan fingerprint density at radius 2 is 1.56 bits per heavy atom. The number of imide groups is 1. The molecule has 8 nitrogen and oxygen atoms in total. The molecule has 11 heteroatoms. The number of cyclic esters (lactones) is 1. The molecule has 5 rings (SSSR count). The first-order valence-electron chi connectivity index (χ1n) is 21.1. The van der Waals surface area contributed by atoms with Gasteiger partial charge in [-0.25, -0.2) is 18.5 Å². The van der Waals surface area contributed by atoms with Gasteiger partial charge in [-0.1, -0.05) is 95.1 Å². The van der Waals surface area contributed by atoms with Crippen LogP contribution in [0.25, 0.3) is 0 Å². The summed E-state index contributed by atoms with van der Waals surface area (Å²) in [4.78, 5) is 41.8. The first kappa shape index (κ1) is 45.5. The van der Waals surface area contributed by atoms with Crippen molar-refractivity contribution in [2.45, 2.75) is 115 Å². The lowest BCUT2D eigenvalue weighted by atomic mass is 9.80. The third-order valence-electron chi connectivity index (χ3n) is 11.8. The number of rotatable bonds is 22. The number of anilines is 1. The molecule has 0 spiro atoms. The standard InChI is InChI=1S/C48H62F2N2O6Si/c1-7-9-28-56-32-34-16-26-41(44(30-34)57-29-10-8-2)45(51-40-24-22-39(50)23-25-40)42(46(53)52-43(33-58-47(52)54)36-14-12-11-13-15-36)27-19-37(31-48(3,4)59(5,6)55)35-17-20-38(49)21-18-35/h11-18,20-26,30,37,42-43,45,51,55H,7-10,19,27-29,31-33H2,1-6H3/t37-,42-,43-,45-/m1/s1. The lowest BCUT2D eigenvalue weighted by Crippen LogP contribution is -2.42. The Morgan fingerprint density at radius 3 is 2.20 bits per heavy atom. The summed E-state index contributed by atoms with van der Waals surface area (Å²) in [6, 6.07) is 26.3. The Labute approximate surface area is 350 Å². The van der Waals surface area contributed by atoms with Crippen molar-refractivity contribution in [1.29, 1.82) is 0 Å². The van der Waals surface area contributed by atoms with Crippen molar-refractivity contribution in [2.75, 3.05) is 25.1 Å². The van der Waals surface area contributed by atoms with Crippen LogP contribution in [0, 0.1) is 17.6 Å². The molecule has 4 aromatic carbocycles. The van der Waals surface area contributed by atoms with Gasteiger partial charge in [-0.3, -0.25) is 4.79 Å². The molecule has 2 amide bonds. The van der Waals surface area contributed by atoms with Gasteiger partial charge in [0, 0.05) is 17.9 Å². The predicted octanol–water partition coefficient (Wildman–Crippen LogP) is 11.9. The molecule has 1 aliphatic heterocycles. The van der Waals surface area contributed by atoms with Crippen LogP contribution in [0.15, 0.2) is 97.1 Å². The molecule has 0 radical (unpaired) electrons. The van der Waals surface area contributed by atoms with E-state index in [0.717, 1.165) is 42.4 Å². The lowest BCUT2D eigenvalue weighted by Gasteiger charge is -2.39. The highest BCUT2D eigenvalue weighted by atomic mass is 28.4. The molecule has 0 bridgehead atoms. The van der Waals surface area contributed by atoms with E-state index in [9.17, 15) is 18.4 Å². The van der Waals surface area contributed by atoms with Gasteiger partial charge in [0.25, 0.3) is 0 Å². The van der Waals surface area contributed by atoms with Crippen molar-refractivity contribution in [3.63, 3.8) is 0 Å². The van der Waals surface area contributed by atoms with Crippen molar-refractivity contribution in [3.05, 3.63) is 131 Å². The van der Waals surface area contributed by atoms with Gasteiger partial charge in [-0.05, 0) is 115 Å². The summed E-state index contributed by atoms with van der Waals surface area (Å²) in [5.74, 6) is -1.66. The van der Waals surface area contributed by atoms with Crippen LogP contribution in [0.2, 0.25) is 18.1 Å². The van der Waals surface area contributed by atoms with Gasteiger partial charge in [0.15, 0.2) is 8.32 Å². The minimum atomic E-state index is -2.70. The van der Waals surface area contributed by atoms with E-state index in [1.54, 1.807) is 24.3 Å². The molecule has 1 heterocycles. The van der Waals surface area contributed by atoms with E-state index in [1.807, 2.05) is 61.6 Å². The Morgan fingerprint density at radius 1 is 0.915 bits per heavy atom. The fraction of sp³-hybridized carbons (Fsp3) is 0.458. The smallest absolute Gasteiger partial charge is 0.417 e. The molecule has 0 unspecified atom stereocenters. The fourth-order valence-electron chi connectivity index (χ4n) is 7.50. The number of nitrogens with zero attached hydrogens (tertiary/aromatic N) is 1. The van der Waals surface area contributed by atoms with E-state index in [0.29, 0.717) is 49.7 Å². The Kier molecular flexibility index (Phi) is 16.3. The van der Waals surface area contributed by atoms with Gasteiger partial charge >= 0.3 is 6.09 Å². The summed E-state index contributed by atoms with van der Waals surface area (Å²) >= 11 is 0. The maximum atomic E-state index is 15.5. The van der Waals surface area contributed by atoms with E-state index in [2.05, 4.69) is 33.0 Å². The van der Waals surface area contributed by atoms with E-state index in [1.165, 1.54) is 29.2 Å². The molecule has 4 atom stereocenters. The van der Waals surface area contributed by atoms with Crippen molar-refractivity contribution in [2.24, 2.45) is 5.92 Å². The summed E-state index contributed by atoms with van der Waals surface area (Å²) in [6.45, 7) is 13.7. The molecular formula is C48H62F2N2O6Si. The molecule has 2 N–H and O–H groups in total. The van der Waals surface area contributed by atoms with E-state index in [4.69, 9.17) is 14.2 Å². The number of unbranched alkanes of at least 4 members (excludes halogenated alkanes) is 2. The van der Waals surface area contributed by atoms with Crippen LogP contribution >= 0.6 is 0 Å². The monoisotopic (exact) mass is 828 g/mol. The van der Waals surface area contributed by atoms with Gasteiger partial charge in [-0.15, -0.1) is 0 Å². The summed E-state index contributed by atoms with van der Waals surface area (Å²) < 4.78 is 46.7. The molecule has 1 saturated heterocycles. The average molecular weight is 829 g/mol. The first-order valence-corrected chi connectivity index (χ1v) is 24.0. The molecule has 1 aliphatic rings. The molecular weight excluding hydrogens is 767 g/mol. The maximum Gasteiger partial charge on any atom is 0.417 e. The van der Waals surface area contributed by atoms with Crippen LogP contribution in [0.3, 0.4) is 0 Å². The summed E-state index contributed by atoms with van der Waals surface area (Å²) in [5.41, 5.74) is 3.86. The third-order valence-corrected chi connectivity index (χ3v) is 15.4. The summed E-state index contributed by atoms with van der Waals surface area (Å²) in [7, 11) is -2.70. The van der Waals surface area contributed by atoms with Crippen LogP contribution in [0.5, 0.6) is 5.75 Å². The minimum Gasteiger partial charge on any atom is -0.493 e. The van der Waals surface area contributed by atoms with Crippen LogP contribution in [-0.2, 0) is 20.9 Å². The second-order valence-electron chi connectivity index (χ2n) is 16.9. The number of carbonyl (C=O) groups is 2. The predicted molar refractivity (Wildman–Crippen MR) is 232 cm³/mol. The lowest BCUT2D eigenvalue weighted by molar-refractivity contribution is -0.134. The largest absolute Gasteiger partial charge is 0.493 e. The molecule has 4 aromatic rings. The second-order valence-corrected chi connectivity index (χ2v) is 21.4. The Hall–Kier alpha value is -4.58. The van der Waals surface area contributed by atoms with Gasteiger partial charge in [0.2, 0.25) is 5.91 Å². The summed E-state index contributed by atoms with van der Waals surface area (Å²) in [5, 5.41) is 3.15. The highest BCUT2D eigenvalue weighted by molar-refractivity contribution is 6.72. The highest BCUT2D eigenvalue weighted by Gasteiger charge is 2.45. The molecule has 1 fully saturated rings. The zero-order valence-corrected chi connectivity index (χ0v) is 36.5. The van der Waals surface area contributed by atoms with Gasteiger partial charge in [0.05, 0.1) is 25.2 Å². The molecule has 318 valence electrons. The molecule has 0 saturated carbocycles. The zero-order valence-electron chi connectivity index (χ0n) is 35.5. The van der Waals surface area contributed by atoms with Gasteiger partial charge < -0.3 is 24.3 Å². The van der Waals surface area contributed by atoms with Crippen molar-refractivity contribution in [3.8, 4) is 5.75 Å². The first-order chi connectivity index (χ1) is 28.2. The van der Waals surface area contributed by atoms with Crippen molar-refractivity contribution < 1.29 is 37.4 Å². The number of ether oxygens (including phenoxy) is 3. The number of halogens is 2. The fourth-order valence-corrected chi connectivity index (χ4v) is 8.25. The van der Waals surface area contributed by atoms with Crippen molar-refractivity contribution >= 4 is 26.0 Å². The normalized spacial score (nSPS) is 16.1. The topological polar surface area (TPSA) is 97.3 Å². The van der Waals surface area contributed by atoms with Gasteiger partial charge in [0.1, 0.15) is 30.0 Å². The quantitative estimate of drug-likeness (QED) is 0.0601. The Bertz CT molecular complexity index is 1940. The number of amides is 2. The zero-order chi connectivity index (χ0) is 42.6. The van der Waals surface area contributed by atoms with Crippen LogP contribution < -0.4 is 10.1 Å². The molecule has 59 heavy (non-hydrogen) atoms. The van der Waals surface area contributed by atoms with Crippen LogP contribution in [0.1, 0.15) is 113 Å². The highest BCUT2D eigenvalue weighted by Crippen LogP contribution is 2.47. The number of carbonyl (C=O) groups excluding carboxylic acids is 2. The third kappa shape index (κ3) is 12.2. The maximum absolute atomic E-state index is 15.5. The van der Waals surface area contributed by atoms with Crippen molar-refractivity contribution in [1.82, 2.24) is 4.90 Å². The van der Waals surface area contributed by atoms with E-state index < -0.39 is 49.2 Å². The molecule has 0 aromatic heterocycles. The number of benzene rings is 4. The van der Waals surface area contributed by atoms with Crippen LogP contribution in [0.4, 0.5) is 19.3 Å². The van der Waals surface area contributed by atoms with E-state index >= 15 is 4.79 Å². The molecule has 0 aliphatic carbocycles. The number of nitrogens with one attached hydrogen (secondary N) is 1. The van der Waals surface area contributed by atoms with Crippen LogP contribution in [-0.4, -0.2) is 49.8 Å². The average Bonchev–Trinajstić information content (AvgIpc) is 3.60. The second kappa shape index (κ2) is 21.1.